The Morgan fingerprint density at radius 1 is 0.522 bits per heavy atom. The van der Waals surface area contributed by atoms with Crippen LogP contribution in [0.4, 0.5) is 34.1 Å². The lowest BCUT2D eigenvalue weighted by Gasteiger charge is -2.34. The van der Waals surface area contributed by atoms with Gasteiger partial charge in [-0.25, -0.2) is 0 Å². The highest BCUT2D eigenvalue weighted by Gasteiger charge is 2.50. The first-order chi connectivity index (χ1) is 33.0. The third-order valence-corrected chi connectivity index (χ3v) is 16.1. The van der Waals surface area contributed by atoms with Crippen LogP contribution in [-0.4, -0.2) is 0 Å². The Labute approximate surface area is 393 Å². The minimum absolute atomic E-state index is 0.598. The maximum absolute atomic E-state index is 16.6. The van der Waals surface area contributed by atoms with E-state index in [0.717, 1.165) is 67.4 Å². The van der Waals surface area contributed by atoms with E-state index in [1.54, 1.807) is 0 Å². The van der Waals surface area contributed by atoms with Crippen LogP contribution in [0.2, 0.25) is 0 Å². The summed E-state index contributed by atoms with van der Waals surface area (Å²) in [7, 11) is -3.62. The molecule has 1 heterocycles. The molecule has 11 rings (SSSR count). The molecule has 0 N–H and O–H groups in total. The number of benzene rings is 9. The van der Waals surface area contributed by atoms with Gasteiger partial charge in [-0.05, 0) is 113 Å². The molecule has 1 unspecified atom stereocenters. The number of rotatable bonds is 11. The second kappa shape index (κ2) is 17.3. The number of allylic oxidation sites excluding steroid dienone is 4. The standard InChI is InChI=1S/C62H48N3OP/c1-3-47(48-25-10-4-11-26-48)42-41-46(2)63(59-40-24-39-57-61(59)55-37-22-23-38-56(55)62(57,49-27-12-5-13-28-49)50-29-14-6-15-30-50)53-43-44-58-60(45-53)65(52-33-18-8-19-34-52)67(66,54-35-20-9-21-36-54)64(58)51-31-16-7-17-32-51/h3-45H,2H2,1H3/b42-41-,47-3+. The smallest absolute Gasteiger partial charge is 0.301 e. The normalized spacial score (nSPS) is 15.8. The molecule has 9 aromatic carbocycles. The van der Waals surface area contributed by atoms with Crippen molar-refractivity contribution in [3.8, 4) is 11.1 Å². The fourth-order valence-corrected chi connectivity index (χ4v) is 13.3. The predicted octanol–water partition coefficient (Wildman–Crippen LogP) is 16.2. The molecule has 0 spiro atoms. The summed E-state index contributed by atoms with van der Waals surface area (Å²) in [5, 5.41) is 0.736. The van der Waals surface area contributed by atoms with Gasteiger partial charge in [-0.1, -0.05) is 201 Å². The van der Waals surface area contributed by atoms with Gasteiger partial charge in [-0.2, -0.15) is 0 Å². The summed E-state index contributed by atoms with van der Waals surface area (Å²) in [6.45, 7) is 6.96. The molecule has 322 valence electrons. The Morgan fingerprint density at radius 2 is 1.03 bits per heavy atom. The Morgan fingerprint density at radius 3 is 1.63 bits per heavy atom. The lowest BCUT2D eigenvalue weighted by Crippen LogP contribution is -2.28. The first-order valence-electron chi connectivity index (χ1n) is 22.8. The predicted molar refractivity (Wildman–Crippen MR) is 282 cm³/mol. The quantitative estimate of drug-likeness (QED) is 0.0955. The summed E-state index contributed by atoms with van der Waals surface area (Å²) >= 11 is 0. The fraction of sp³-hybridized carbons (Fsp3) is 0.0323. The van der Waals surface area contributed by atoms with Crippen LogP contribution < -0.4 is 19.5 Å². The van der Waals surface area contributed by atoms with Gasteiger partial charge in [-0.15, -0.1) is 0 Å². The van der Waals surface area contributed by atoms with E-state index in [9.17, 15) is 0 Å². The Bertz CT molecular complexity index is 3310. The van der Waals surface area contributed by atoms with Gasteiger partial charge in [0.25, 0.3) is 0 Å². The van der Waals surface area contributed by atoms with Crippen LogP contribution in [0.1, 0.15) is 34.7 Å². The first-order valence-corrected chi connectivity index (χ1v) is 24.4. The Hall–Kier alpha value is -8.17. The van der Waals surface area contributed by atoms with Crippen molar-refractivity contribution < 1.29 is 4.57 Å². The molecule has 0 bridgehead atoms. The second-order valence-corrected chi connectivity index (χ2v) is 19.2. The van der Waals surface area contributed by atoms with Crippen LogP contribution in [0.3, 0.4) is 0 Å². The Kier molecular flexibility index (Phi) is 10.7. The van der Waals surface area contributed by atoms with E-state index in [1.807, 2.05) is 84.9 Å². The van der Waals surface area contributed by atoms with E-state index in [1.165, 1.54) is 22.3 Å². The number of nitrogens with zero attached hydrogens (tertiary/aromatic N) is 3. The van der Waals surface area contributed by atoms with E-state index >= 15 is 4.57 Å². The molecule has 4 nitrogen and oxygen atoms in total. The van der Waals surface area contributed by atoms with Gasteiger partial charge < -0.3 is 4.90 Å². The topological polar surface area (TPSA) is 26.8 Å². The van der Waals surface area contributed by atoms with E-state index in [4.69, 9.17) is 6.58 Å². The summed E-state index contributed by atoms with van der Waals surface area (Å²) in [6, 6.07) is 84.5. The van der Waals surface area contributed by atoms with E-state index < -0.39 is 12.9 Å². The highest BCUT2D eigenvalue weighted by molar-refractivity contribution is 7.76. The molecule has 5 heteroatoms. The lowest BCUT2D eigenvalue weighted by molar-refractivity contribution is 0.582. The monoisotopic (exact) mass is 881 g/mol. The van der Waals surface area contributed by atoms with Crippen molar-refractivity contribution in [2.75, 3.05) is 14.2 Å². The van der Waals surface area contributed by atoms with Crippen molar-refractivity contribution in [2.24, 2.45) is 0 Å². The summed E-state index contributed by atoms with van der Waals surface area (Å²) in [5.74, 6) is 0. The fourth-order valence-electron chi connectivity index (χ4n) is 10.3. The molecular formula is C62H48N3OP. The molecular weight excluding hydrogens is 834 g/mol. The Balaban J connectivity index is 1.18. The minimum atomic E-state index is -3.62. The number of para-hydroxylation sites is 2. The van der Waals surface area contributed by atoms with Crippen molar-refractivity contribution >= 4 is 52.4 Å². The number of hydrogen-bond donors (Lipinski definition) is 0. The third kappa shape index (κ3) is 6.80. The molecule has 0 radical (unpaired) electrons. The SMILES string of the molecule is C=C(/C=C\C(=C/C)c1ccccc1)N(c1ccc2c(c1)N(c1ccccc1)P(=O)(c1ccccc1)N2c1ccccc1)c1cccc2c1-c1ccccc1C2(c1ccccc1)c1ccccc1. The van der Waals surface area contributed by atoms with E-state index in [-0.39, 0.29) is 0 Å². The van der Waals surface area contributed by atoms with Crippen molar-refractivity contribution in [2.45, 2.75) is 12.3 Å². The van der Waals surface area contributed by atoms with Crippen molar-refractivity contribution in [1.82, 2.24) is 0 Å². The van der Waals surface area contributed by atoms with E-state index in [2.05, 4.69) is 197 Å². The van der Waals surface area contributed by atoms with Crippen LogP contribution in [0, 0.1) is 0 Å². The molecule has 9 aromatic rings. The van der Waals surface area contributed by atoms with Crippen LogP contribution in [-0.2, 0) is 9.98 Å². The molecule has 0 aromatic heterocycles. The van der Waals surface area contributed by atoms with Gasteiger partial charge in [0.1, 0.15) is 0 Å². The average molecular weight is 882 g/mol. The van der Waals surface area contributed by atoms with Crippen LogP contribution in [0.25, 0.3) is 16.7 Å². The average Bonchev–Trinajstić information content (AvgIpc) is 3.85. The van der Waals surface area contributed by atoms with Gasteiger partial charge in [0.05, 0.1) is 27.8 Å². The molecule has 0 amide bonds. The molecule has 67 heavy (non-hydrogen) atoms. The van der Waals surface area contributed by atoms with Crippen LogP contribution in [0.5, 0.6) is 0 Å². The first kappa shape index (κ1) is 41.5. The molecule has 0 saturated heterocycles. The molecule has 1 aliphatic heterocycles. The minimum Gasteiger partial charge on any atom is -0.310 e. The molecule has 2 aliphatic rings. The van der Waals surface area contributed by atoms with Crippen LogP contribution in [0.15, 0.2) is 273 Å². The maximum atomic E-state index is 16.6. The molecule has 0 fully saturated rings. The largest absolute Gasteiger partial charge is 0.310 e. The van der Waals surface area contributed by atoms with Crippen molar-refractivity contribution in [3.05, 3.63) is 301 Å². The zero-order chi connectivity index (χ0) is 45.4. The third-order valence-electron chi connectivity index (χ3n) is 13.2. The highest BCUT2D eigenvalue weighted by Crippen LogP contribution is 2.70. The van der Waals surface area contributed by atoms with E-state index in [0.29, 0.717) is 0 Å². The molecule has 0 saturated carbocycles. The summed E-state index contributed by atoms with van der Waals surface area (Å²) in [4.78, 5) is 2.29. The summed E-state index contributed by atoms with van der Waals surface area (Å²) < 4.78 is 20.7. The summed E-state index contributed by atoms with van der Waals surface area (Å²) in [6.07, 6.45) is 6.42. The lowest BCUT2D eigenvalue weighted by atomic mass is 9.68. The van der Waals surface area contributed by atoms with Crippen molar-refractivity contribution in [1.29, 1.82) is 0 Å². The van der Waals surface area contributed by atoms with Gasteiger partial charge in [-0.3, -0.25) is 13.9 Å². The zero-order valence-electron chi connectivity index (χ0n) is 37.2. The number of anilines is 6. The van der Waals surface area contributed by atoms with Crippen molar-refractivity contribution in [3.63, 3.8) is 0 Å². The van der Waals surface area contributed by atoms with Gasteiger partial charge in [0.2, 0.25) is 0 Å². The number of hydrogen-bond acceptors (Lipinski definition) is 2. The van der Waals surface area contributed by atoms with Gasteiger partial charge >= 0.3 is 7.44 Å². The zero-order valence-corrected chi connectivity index (χ0v) is 38.1. The van der Waals surface area contributed by atoms with Gasteiger partial charge in [0, 0.05) is 28.3 Å². The molecule has 1 atom stereocenters. The summed E-state index contributed by atoms with van der Waals surface area (Å²) in [5.41, 5.74) is 14.7. The van der Waals surface area contributed by atoms with Crippen LogP contribution >= 0.6 is 7.44 Å². The van der Waals surface area contributed by atoms with Gasteiger partial charge in [0.15, 0.2) is 0 Å². The second-order valence-electron chi connectivity index (χ2n) is 16.8. The molecule has 1 aliphatic carbocycles. The number of fused-ring (bicyclic) bond motifs is 4. The highest BCUT2D eigenvalue weighted by atomic mass is 31.2. The maximum Gasteiger partial charge on any atom is 0.301 e.